The van der Waals surface area contributed by atoms with Crippen LogP contribution >= 0.6 is 0 Å². The van der Waals surface area contributed by atoms with Gasteiger partial charge in [-0.2, -0.15) is 0 Å². The number of nitrogens with one attached hydrogen (secondary N) is 1. The van der Waals surface area contributed by atoms with E-state index in [4.69, 9.17) is 0 Å². The predicted molar refractivity (Wildman–Crippen MR) is 70.5 cm³/mol. The Kier molecular flexibility index (Phi) is 6.56. The average Bonchev–Trinajstić information content (AvgIpc) is 2.10. The normalized spacial score (nSPS) is 15.1. The van der Waals surface area contributed by atoms with Crippen molar-refractivity contribution in [3.63, 3.8) is 0 Å². The Morgan fingerprint density at radius 1 is 1.12 bits per heavy atom. The highest BCUT2D eigenvalue weighted by molar-refractivity contribution is 7.91. The molecule has 16 heavy (non-hydrogen) atoms. The molecule has 0 fully saturated rings. The smallest absolute Gasteiger partial charge is 0.151 e. The topological polar surface area (TPSA) is 46.2 Å². The van der Waals surface area contributed by atoms with Crippen molar-refractivity contribution in [2.24, 2.45) is 5.41 Å². The molecule has 98 valence electrons. The molecule has 0 aliphatic rings. The molecule has 0 rings (SSSR count). The molecule has 0 aromatic carbocycles. The van der Waals surface area contributed by atoms with E-state index < -0.39 is 9.84 Å². The standard InChI is InChI=1S/C12H27NO2S/c1-6-8-13-11(12(3,4)5)10-16(14,15)9-7-2/h11,13H,6-10H2,1-5H3. The molecule has 0 heterocycles. The molecule has 0 radical (unpaired) electrons. The Labute approximate surface area is 101 Å². The fourth-order valence-corrected chi connectivity index (χ4v) is 3.50. The van der Waals surface area contributed by atoms with Crippen LogP contribution in [-0.4, -0.2) is 32.5 Å². The Morgan fingerprint density at radius 3 is 2.06 bits per heavy atom. The van der Waals surface area contributed by atoms with Gasteiger partial charge in [-0.15, -0.1) is 0 Å². The van der Waals surface area contributed by atoms with E-state index in [-0.39, 0.29) is 17.2 Å². The summed E-state index contributed by atoms with van der Waals surface area (Å²) in [7, 11) is -2.91. The van der Waals surface area contributed by atoms with Crippen LogP contribution in [-0.2, 0) is 9.84 Å². The van der Waals surface area contributed by atoms with Gasteiger partial charge in [0.05, 0.1) is 5.75 Å². The van der Waals surface area contributed by atoms with Gasteiger partial charge in [-0.1, -0.05) is 34.6 Å². The fraction of sp³-hybridized carbons (Fsp3) is 1.00. The van der Waals surface area contributed by atoms with Crippen LogP contribution in [0.5, 0.6) is 0 Å². The zero-order chi connectivity index (χ0) is 12.8. The van der Waals surface area contributed by atoms with E-state index in [1.807, 2.05) is 6.92 Å². The van der Waals surface area contributed by atoms with Gasteiger partial charge >= 0.3 is 0 Å². The molecule has 0 aromatic heterocycles. The lowest BCUT2D eigenvalue weighted by atomic mass is 9.88. The zero-order valence-electron chi connectivity index (χ0n) is 11.3. The van der Waals surface area contributed by atoms with Gasteiger partial charge in [0.15, 0.2) is 9.84 Å². The van der Waals surface area contributed by atoms with Crippen molar-refractivity contribution in [1.82, 2.24) is 5.32 Å². The first kappa shape index (κ1) is 15.9. The lowest BCUT2D eigenvalue weighted by Gasteiger charge is -2.31. The van der Waals surface area contributed by atoms with Crippen molar-refractivity contribution in [1.29, 1.82) is 0 Å². The maximum Gasteiger partial charge on any atom is 0.151 e. The van der Waals surface area contributed by atoms with Crippen LogP contribution in [0.2, 0.25) is 0 Å². The van der Waals surface area contributed by atoms with Crippen molar-refractivity contribution in [2.75, 3.05) is 18.1 Å². The second kappa shape index (κ2) is 6.60. The van der Waals surface area contributed by atoms with E-state index in [2.05, 4.69) is 33.0 Å². The van der Waals surface area contributed by atoms with Crippen LogP contribution in [0.25, 0.3) is 0 Å². The lowest BCUT2D eigenvalue weighted by Crippen LogP contribution is -2.46. The molecule has 0 saturated heterocycles. The molecule has 3 nitrogen and oxygen atoms in total. The van der Waals surface area contributed by atoms with E-state index in [1.54, 1.807) is 0 Å². The summed E-state index contributed by atoms with van der Waals surface area (Å²) < 4.78 is 23.6. The minimum absolute atomic E-state index is 0.0179. The highest BCUT2D eigenvalue weighted by Crippen LogP contribution is 2.21. The van der Waals surface area contributed by atoms with Crippen LogP contribution in [0, 0.1) is 5.41 Å². The summed E-state index contributed by atoms with van der Waals surface area (Å²) in [4.78, 5) is 0. The Balaban J connectivity index is 4.55. The molecule has 0 aliphatic carbocycles. The minimum Gasteiger partial charge on any atom is -0.312 e. The first-order chi connectivity index (χ1) is 7.23. The lowest BCUT2D eigenvalue weighted by molar-refractivity contribution is 0.288. The van der Waals surface area contributed by atoms with Gasteiger partial charge in [0, 0.05) is 11.8 Å². The third-order valence-corrected chi connectivity index (χ3v) is 4.49. The SMILES string of the molecule is CCCNC(CS(=O)(=O)CCC)C(C)(C)C. The molecule has 4 heteroatoms. The van der Waals surface area contributed by atoms with Gasteiger partial charge in [0.1, 0.15) is 0 Å². The molecule has 0 bridgehead atoms. The van der Waals surface area contributed by atoms with E-state index >= 15 is 0 Å². The Morgan fingerprint density at radius 2 is 1.69 bits per heavy atom. The van der Waals surface area contributed by atoms with Crippen LogP contribution in [0.4, 0.5) is 0 Å². The number of hydrogen-bond acceptors (Lipinski definition) is 3. The van der Waals surface area contributed by atoms with Crippen molar-refractivity contribution < 1.29 is 8.42 Å². The molecule has 0 spiro atoms. The first-order valence-electron chi connectivity index (χ1n) is 6.16. The summed E-state index contributed by atoms with van der Waals surface area (Å²) in [6.07, 6.45) is 1.73. The summed E-state index contributed by atoms with van der Waals surface area (Å²) in [5.74, 6) is 0.553. The minimum atomic E-state index is -2.91. The summed E-state index contributed by atoms with van der Waals surface area (Å²) in [6, 6.07) is 0.0454. The second-order valence-corrected chi connectivity index (χ2v) is 7.72. The van der Waals surface area contributed by atoms with Crippen LogP contribution < -0.4 is 5.32 Å². The highest BCUT2D eigenvalue weighted by Gasteiger charge is 2.28. The summed E-state index contributed by atoms with van der Waals surface area (Å²) >= 11 is 0. The summed E-state index contributed by atoms with van der Waals surface area (Å²) in [5.41, 5.74) is -0.0179. The monoisotopic (exact) mass is 249 g/mol. The van der Waals surface area contributed by atoms with Crippen LogP contribution in [0.3, 0.4) is 0 Å². The number of sulfone groups is 1. The Hall–Kier alpha value is -0.0900. The number of hydrogen-bond donors (Lipinski definition) is 1. The van der Waals surface area contributed by atoms with Gasteiger partial charge in [0.25, 0.3) is 0 Å². The van der Waals surface area contributed by atoms with Crippen LogP contribution in [0.1, 0.15) is 47.5 Å². The second-order valence-electron chi connectivity index (χ2n) is 5.49. The molecule has 1 unspecified atom stereocenters. The predicted octanol–water partition coefficient (Wildman–Crippen LogP) is 2.23. The average molecular weight is 249 g/mol. The van der Waals surface area contributed by atoms with E-state index in [0.29, 0.717) is 12.2 Å². The molecule has 0 aliphatic heterocycles. The molecule has 0 amide bonds. The van der Waals surface area contributed by atoms with Crippen molar-refractivity contribution in [2.45, 2.75) is 53.5 Å². The van der Waals surface area contributed by atoms with Crippen LogP contribution in [0.15, 0.2) is 0 Å². The van der Waals surface area contributed by atoms with Gasteiger partial charge in [-0.05, 0) is 24.8 Å². The first-order valence-corrected chi connectivity index (χ1v) is 7.99. The maximum atomic E-state index is 11.8. The highest BCUT2D eigenvalue weighted by atomic mass is 32.2. The molecule has 1 atom stereocenters. The van der Waals surface area contributed by atoms with Crippen molar-refractivity contribution in [3.05, 3.63) is 0 Å². The molecule has 0 aromatic rings. The van der Waals surface area contributed by atoms with E-state index in [9.17, 15) is 8.42 Å². The number of rotatable bonds is 7. The maximum absolute atomic E-state index is 11.8. The zero-order valence-corrected chi connectivity index (χ0v) is 12.2. The van der Waals surface area contributed by atoms with E-state index in [1.165, 1.54) is 0 Å². The fourth-order valence-electron chi connectivity index (χ4n) is 1.58. The van der Waals surface area contributed by atoms with E-state index in [0.717, 1.165) is 13.0 Å². The molecular formula is C12H27NO2S. The molecule has 0 saturated carbocycles. The molecule has 1 N–H and O–H groups in total. The van der Waals surface area contributed by atoms with Gasteiger partial charge in [-0.3, -0.25) is 0 Å². The quantitative estimate of drug-likeness (QED) is 0.752. The van der Waals surface area contributed by atoms with Crippen molar-refractivity contribution in [3.8, 4) is 0 Å². The summed E-state index contributed by atoms with van der Waals surface area (Å²) in [5, 5.41) is 3.34. The Bertz CT molecular complexity index is 278. The van der Waals surface area contributed by atoms with Gasteiger partial charge in [-0.25, -0.2) is 8.42 Å². The summed E-state index contributed by atoms with van der Waals surface area (Å²) in [6.45, 7) is 11.1. The van der Waals surface area contributed by atoms with Gasteiger partial charge < -0.3 is 5.32 Å². The third-order valence-electron chi connectivity index (χ3n) is 2.62. The van der Waals surface area contributed by atoms with Gasteiger partial charge in [0.2, 0.25) is 0 Å². The molecular weight excluding hydrogens is 222 g/mol. The third kappa shape index (κ3) is 6.48. The van der Waals surface area contributed by atoms with Crippen molar-refractivity contribution >= 4 is 9.84 Å². The largest absolute Gasteiger partial charge is 0.312 e.